The van der Waals surface area contributed by atoms with Gasteiger partial charge in [0.2, 0.25) is 0 Å². The van der Waals surface area contributed by atoms with E-state index in [1.54, 1.807) is 6.07 Å². The molecule has 0 saturated carbocycles. The molecule has 0 bridgehead atoms. The van der Waals surface area contributed by atoms with Crippen molar-refractivity contribution in [3.63, 3.8) is 0 Å². The molecule has 0 aliphatic carbocycles. The molecule has 0 N–H and O–H groups in total. The summed E-state index contributed by atoms with van der Waals surface area (Å²) in [6.07, 6.45) is 5.13. The number of alkyl halides is 2. The largest absolute Gasteiger partial charge is 0.434 e. The third-order valence-electron chi connectivity index (χ3n) is 2.78. The number of carbonyl (C=O) groups excluding carboxylic acids is 1. The molecule has 23 heavy (non-hydrogen) atoms. The number of hydrogen-bond donors (Lipinski definition) is 0. The average Bonchev–Trinajstić information content (AvgIpc) is 2.53. The summed E-state index contributed by atoms with van der Waals surface area (Å²) in [6.45, 7) is -3.09. The number of aromatic nitrogens is 1. The van der Waals surface area contributed by atoms with Crippen molar-refractivity contribution in [2.24, 2.45) is 0 Å². The van der Waals surface area contributed by atoms with Gasteiger partial charge in [0, 0.05) is 35.7 Å². The van der Waals surface area contributed by atoms with Crippen LogP contribution in [-0.2, 0) is 0 Å². The summed E-state index contributed by atoms with van der Waals surface area (Å²) in [5, 5.41) is 10.8. The quantitative estimate of drug-likeness (QED) is 0.352. The van der Waals surface area contributed by atoms with E-state index in [0.717, 1.165) is 24.3 Å². The monoisotopic (exact) mass is 320 g/mol. The Balaban J connectivity index is 2.32. The number of allylic oxidation sites excluding steroid dienone is 1. The number of carbonyl (C=O) groups is 1. The standard InChI is InChI=1S/C15H10F2N2O4/c16-15(17)23-14-6-4-12(19(21)22)8-10(14)3-5-13(20)11-2-1-7-18-9-11/h1-9,15H/b5-3+. The first-order chi connectivity index (χ1) is 11.0. The van der Waals surface area contributed by atoms with Gasteiger partial charge in [0.25, 0.3) is 5.69 Å². The Morgan fingerprint density at radius 2 is 2.13 bits per heavy atom. The van der Waals surface area contributed by atoms with Crippen molar-refractivity contribution >= 4 is 17.5 Å². The van der Waals surface area contributed by atoms with E-state index >= 15 is 0 Å². The highest BCUT2D eigenvalue weighted by molar-refractivity contribution is 6.06. The predicted octanol–water partition coefficient (Wildman–Crippen LogP) is 3.49. The fraction of sp³-hybridized carbons (Fsp3) is 0.0667. The molecule has 0 atom stereocenters. The summed E-state index contributed by atoms with van der Waals surface area (Å²) in [6, 6.07) is 6.24. The van der Waals surface area contributed by atoms with E-state index in [0.29, 0.717) is 5.56 Å². The summed E-state index contributed by atoms with van der Waals surface area (Å²) in [5.74, 6) is -0.687. The Labute approximate surface area is 129 Å². The van der Waals surface area contributed by atoms with E-state index in [1.807, 2.05) is 0 Å². The van der Waals surface area contributed by atoms with Crippen molar-refractivity contribution in [1.29, 1.82) is 0 Å². The number of pyridine rings is 1. The molecule has 0 unspecified atom stereocenters. The minimum Gasteiger partial charge on any atom is -0.434 e. The second-order valence-electron chi connectivity index (χ2n) is 4.30. The number of benzene rings is 1. The minimum atomic E-state index is -3.09. The Morgan fingerprint density at radius 1 is 1.35 bits per heavy atom. The summed E-state index contributed by atoms with van der Waals surface area (Å²) < 4.78 is 29.0. The molecule has 0 fully saturated rings. The van der Waals surface area contributed by atoms with Crippen LogP contribution in [0.4, 0.5) is 14.5 Å². The Bertz CT molecular complexity index is 748. The molecule has 0 radical (unpaired) electrons. The van der Waals surface area contributed by atoms with Gasteiger partial charge in [0.15, 0.2) is 5.78 Å². The molecule has 2 rings (SSSR count). The van der Waals surface area contributed by atoms with Crippen molar-refractivity contribution < 1.29 is 23.2 Å². The van der Waals surface area contributed by atoms with Gasteiger partial charge < -0.3 is 4.74 Å². The van der Waals surface area contributed by atoms with Crippen LogP contribution in [0.25, 0.3) is 6.08 Å². The first-order valence-corrected chi connectivity index (χ1v) is 6.33. The van der Waals surface area contributed by atoms with Gasteiger partial charge in [-0.1, -0.05) is 0 Å². The molecule has 1 aromatic heterocycles. The number of non-ortho nitro benzene ring substituents is 1. The van der Waals surface area contributed by atoms with Gasteiger partial charge in [-0.3, -0.25) is 19.9 Å². The number of nitro benzene ring substituents is 1. The second kappa shape index (κ2) is 7.21. The van der Waals surface area contributed by atoms with Crippen LogP contribution in [0.15, 0.2) is 48.8 Å². The molecular formula is C15H10F2N2O4. The van der Waals surface area contributed by atoms with E-state index in [2.05, 4.69) is 9.72 Å². The van der Waals surface area contributed by atoms with Crippen LogP contribution >= 0.6 is 0 Å². The van der Waals surface area contributed by atoms with Crippen LogP contribution < -0.4 is 4.74 Å². The minimum absolute atomic E-state index is 0.00302. The van der Waals surface area contributed by atoms with Gasteiger partial charge >= 0.3 is 6.61 Å². The highest BCUT2D eigenvalue weighted by Gasteiger charge is 2.13. The summed E-state index contributed by atoms with van der Waals surface area (Å²) in [4.78, 5) is 25.8. The topological polar surface area (TPSA) is 82.3 Å². The Hall–Kier alpha value is -3.16. The first-order valence-electron chi connectivity index (χ1n) is 6.33. The number of halogens is 2. The maximum absolute atomic E-state index is 12.4. The van der Waals surface area contributed by atoms with Gasteiger partial charge in [-0.25, -0.2) is 0 Å². The molecule has 8 heteroatoms. The highest BCUT2D eigenvalue weighted by Crippen LogP contribution is 2.27. The molecule has 118 valence electrons. The first kappa shape index (κ1) is 16.2. The molecule has 0 spiro atoms. The van der Waals surface area contributed by atoms with Gasteiger partial charge in [0.05, 0.1) is 4.92 Å². The van der Waals surface area contributed by atoms with Gasteiger partial charge in [0.1, 0.15) is 5.75 Å². The third-order valence-corrected chi connectivity index (χ3v) is 2.78. The lowest BCUT2D eigenvalue weighted by Crippen LogP contribution is -2.04. The van der Waals surface area contributed by atoms with E-state index < -0.39 is 17.3 Å². The zero-order valence-electron chi connectivity index (χ0n) is 11.6. The number of hydrogen-bond acceptors (Lipinski definition) is 5. The lowest BCUT2D eigenvalue weighted by molar-refractivity contribution is -0.384. The maximum Gasteiger partial charge on any atom is 0.387 e. The van der Waals surface area contributed by atoms with Crippen molar-refractivity contribution in [3.05, 3.63) is 70.0 Å². The highest BCUT2D eigenvalue weighted by atomic mass is 19.3. The van der Waals surface area contributed by atoms with E-state index in [1.165, 1.54) is 24.5 Å². The lowest BCUT2D eigenvalue weighted by Gasteiger charge is -2.07. The molecule has 0 saturated heterocycles. The normalized spacial score (nSPS) is 10.9. The number of ketones is 1. The van der Waals surface area contributed by atoms with Crippen molar-refractivity contribution in [3.8, 4) is 5.75 Å². The van der Waals surface area contributed by atoms with Crippen molar-refractivity contribution in [1.82, 2.24) is 4.98 Å². The SMILES string of the molecule is O=C(/C=C/c1cc([N+](=O)[O-])ccc1OC(F)F)c1cccnc1. The molecule has 0 aliphatic heterocycles. The predicted molar refractivity (Wildman–Crippen MR) is 77.3 cm³/mol. The zero-order valence-corrected chi connectivity index (χ0v) is 11.6. The third kappa shape index (κ3) is 4.40. The van der Waals surface area contributed by atoms with Crippen molar-refractivity contribution in [2.75, 3.05) is 0 Å². The van der Waals surface area contributed by atoms with Crippen LogP contribution in [0.5, 0.6) is 5.75 Å². The molecule has 1 aromatic carbocycles. The molecule has 2 aromatic rings. The Kier molecular flexibility index (Phi) is 5.08. The average molecular weight is 320 g/mol. The lowest BCUT2D eigenvalue weighted by atomic mass is 10.1. The molecule has 0 amide bonds. The van der Waals surface area contributed by atoms with Gasteiger partial charge in [-0.15, -0.1) is 0 Å². The smallest absolute Gasteiger partial charge is 0.387 e. The van der Waals surface area contributed by atoms with Gasteiger partial charge in [-0.05, 0) is 30.4 Å². The number of rotatable bonds is 6. The van der Waals surface area contributed by atoms with Crippen LogP contribution in [0.2, 0.25) is 0 Å². The summed E-state index contributed by atoms with van der Waals surface area (Å²) >= 11 is 0. The van der Waals surface area contributed by atoms with Crippen LogP contribution in [0, 0.1) is 10.1 Å². The van der Waals surface area contributed by atoms with Crippen LogP contribution in [-0.4, -0.2) is 22.3 Å². The molecular weight excluding hydrogens is 310 g/mol. The second-order valence-corrected chi connectivity index (χ2v) is 4.30. The van der Waals surface area contributed by atoms with Crippen molar-refractivity contribution in [2.45, 2.75) is 6.61 Å². The summed E-state index contributed by atoms with van der Waals surface area (Å²) in [5.41, 5.74) is -0.0117. The van der Waals surface area contributed by atoms with E-state index in [-0.39, 0.29) is 17.0 Å². The number of nitro groups is 1. The fourth-order valence-corrected chi connectivity index (χ4v) is 1.75. The number of ether oxygens (including phenoxy) is 1. The molecule has 0 aliphatic rings. The van der Waals surface area contributed by atoms with E-state index in [4.69, 9.17) is 0 Å². The van der Waals surface area contributed by atoms with Gasteiger partial charge in [-0.2, -0.15) is 8.78 Å². The van der Waals surface area contributed by atoms with Crippen LogP contribution in [0.1, 0.15) is 15.9 Å². The Morgan fingerprint density at radius 3 is 2.74 bits per heavy atom. The summed E-state index contributed by atoms with van der Waals surface area (Å²) in [7, 11) is 0. The van der Waals surface area contributed by atoms with Crippen LogP contribution in [0.3, 0.4) is 0 Å². The molecule has 6 nitrogen and oxygen atoms in total. The number of nitrogens with zero attached hydrogens (tertiary/aromatic N) is 2. The van der Waals surface area contributed by atoms with E-state index in [9.17, 15) is 23.7 Å². The fourth-order valence-electron chi connectivity index (χ4n) is 1.75. The zero-order chi connectivity index (χ0) is 16.8. The maximum atomic E-state index is 12.4. The molecule has 1 heterocycles.